The van der Waals surface area contributed by atoms with Gasteiger partial charge in [0.25, 0.3) is 0 Å². The summed E-state index contributed by atoms with van der Waals surface area (Å²) < 4.78 is 10.7. The van der Waals surface area contributed by atoms with Gasteiger partial charge in [0.15, 0.2) is 11.5 Å². The van der Waals surface area contributed by atoms with Crippen molar-refractivity contribution in [1.29, 1.82) is 0 Å². The predicted octanol–water partition coefficient (Wildman–Crippen LogP) is 2.21. The highest BCUT2D eigenvalue weighted by molar-refractivity contribution is 5.45. The first-order chi connectivity index (χ1) is 9.73. The van der Waals surface area contributed by atoms with Crippen molar-refractivity contribution in [2.45, 2.75) is 31.8 Å². The number of benzene rings is 1. The molecule has 4 atom stereocenters. The molecule has 2 bridgehead atoms. The van der Waals surface area contributed by atoms with E-state index in [1.807, 2.05) is 18.2 Å². The fourth-order valence-electron chi connectivity index (χ4n) is 4.60. The van der Waals surface area contributed by atoms with E-state index in [4.69, 9.17) is 15.2 Å². The summed E-state index contributed by atoms with van der Waals surface area (Å²) in [7, 11) is 0. The van der Waals surface area contributed by atoms with Crippen LogP contribution in [-0.2, 0) is 0 Å². The van der Waals surface area contributed by atoms with E-state index in [0.717, 1.165) is 29.4 Å². The first kappa shape index (κ1) is 12.5. The number of rotatable bonds is 3. The van der Waals surface area contributed by atoms with Gasteiger partial charge in [0, 0.05) is 12.0 Å². The molecule has 0 amide bonds. The molecule has 0 spiro atoms. The van der Waals surface area contributed by atoms with E-state index in [2.05, 4.69) is 0 Å². The van der Waals surface area contributed by atoms with E-state index < -0.39 is 6.10 Å². The number of fused-ring (bicyclic) bond motifs is 3. The number of hydrogen-bond donors (Lipinski definition) is 2. The predicted molar refractivity (Wildman–Crippen MR) is 74.5 cm³/mol. The summed E-state index contributed by atoms with van der Waals surface area (Å²) in [5.74, 6) is 2.82. The lowest BCUT2D eigenvalue weighted by molar-refractivity contribution is -0.0131. The van der Waals surface area contributed by atoms with Gasteiger partial charge in [0.05, 0.1) is 6.10 Å². The first-order valence-corrected chi connectivity index (χ1v) is 7.50. The van der Waals surface area contributed by atoms with E-state index in [1.54, 1.807) is 0 Å². The van der Waals surface area contributed by atoms with Gasteiger partial charge in [-0.3, -0.25) is 0 Å². The second-order valence-electron chi connectivity index (χ2n) is 6.53. The van der Waals surface area contributed by atoms with Crippen molar-refractivity contribution in [1.82, 2.24) is 0 Å². The molecule has 2 fully saturated rings. The lowest BCUT2D eigenvalue weighted by Gasteiger charge is -2.41. The van der Waals surface area contributed by atoms with Crippen molar-refractivity contribution < 1.29 is 14.6 Å². The van der Waals surface area contributed by atoms with E-state index >= 15 is 0 Å². The summed E-state index contributed by atoms with van der Waals surface area (Å²) >= 11 is 0. The van der Waals surface area contributed by atoms with Gasteiger partial charge in [-0.15, -0.1) is 0 Å². The minimum absolute atomic E-state index is 0.142. The third-order valence-corrected chi connectivity index (χ3v) is 5.66. The van der Waals surface area contributed by atoms with Gasteiger partial charge < -0.3 is 20.3 Å². The molecular weight excluding hydrogens is 254 g/mol. The summed E-state index contributed by atoms with van der Waals surface area (Å²) in [5, 5.41) is 10.9. The summed E-state index contributed by atoms with van der Waals surface area (Å²) in [6, 6.07) is 5.75. The molecule has 4 unspecified atom stereocenters. The summed E-state index contributed by atoms with van der Waals surface area (Å²) in [4.78, 5) is 0. The summed E-state index contributed by atoms with van der Waals surface area (Å²) in [6.45, 7) is 0.825. The largest absolute Gasteiger partial charge is 0.454 e. The average Bonchev–Trinajstić information content (AvgIpc) is 3.20. The van der Waals surface area contributed by atoms with Crippen molar-refractivity contribution in [3.63, 3.8) is 0 Å². The Morgan fingerprint density at radius 1 is 1.30 bits per heavy atom. The second kappa shape index (κ2) is 4.37. The molecule has 3 aliphatic rings. The molecule has 2 aliphatic carbocycles. The molecule has 4 rings (SSSR count). The Kier molecular flexibility index (Phi) is 2.72. The molecule has 2 saturated carbocycles. The van der Waals surface area contributed by atoms with Crippen LogP contribution in [0.25, 0.3) is 0 Å². The summed E-state index contributed by atoms with van der Waals surface area (Å²) in [5.41, 5.74) is 6.86. The standard InChI is InChI=1S/C16H21NO3/c17-8-16(7-10-1-3-12(16)5-10)15(18)11-2-4-13-14(6-11)20-9-19-13/h2,4,6,10,12,15,18H,1,3,5,7-9,17H2. The SMILES string of the molecule is NCC1(C(O)c2ccc3c(c2)OCO3)CC2CCC1C2. The Bertz CT molecular complexity index is 532. The molecule has 1 aromatic rings. The molecule has 0 saturated heterocycles. The quantitative estimate of drug-likeness (QED) is 0.887. The van der Waals surface area contributed by atoms with Crippen LogP contribution in [0.1, 0.15) is 37.4 Å². The minimum Gasteiger partial charge on any atom is -0.454 e. The van der Waals surface area contributed by atoms with Crippen LogP contribution >= 0.6 is 0 Å². The van der Waals surface area contributed by atoms with Crippen LogP contribution in [0.3, 0.4) is 0 Å². The first-order valence-electron chi connectivity index (χ1n) is 7.50. The molecule has 1 aliphatic heterocycles. The fourth-order valence-corrected chi connectivity index (χ4v) is 4.60. The number of aliphatic hydroxyl groups excluding tert-OH is 1. The van der Waals surface area contributed by atoms with Crippen molar-refractivity contribution in [3.05, 3.63) is 23.8 Å². The van der Waals surface area contributed by atoms with E-state index in [1.165, 1.54) is 19.3 Å². The number of nitrogens with two attached hydrogens (primary N) is 1. The van der Waals surface area contributed by atoms with E-state index in [-0.39, 0.29) is 12.2 Å². The smallest absolute Gasteiger partial charge is 0.231 e. The minimum atomic E-state index is -0.503. The van der Waals surface area contributed by atoms with Crippen LogP contribution in [-0.4, -0.2) is 18.4 Å². The maximum atomic E-state index is 10.9. The third-order valence-electron chi connectivity index (χ3n) is 5.66. The molecule has 1 aromatic carbocycles. The Labute approximate surface area is 118 Å². The normalized spacial score (nSPS) is 35.5. The topological polar surface area (TPSA) is 64.7 Å². The Morgan fingerprint density at radius 2 is 2.15 bits per heavy atom. The number of aliphatic hydroxyl groups is 1. The van der Waals surface area contributed by atoms with E-state index in [9.17, 15) is 5.11 Å². The van der Waals surface area contributed by atoms with Crippen LogP contribution in [0, 0.1) is 17.3 Å². The van der Waals surface area contributed by atoms with Gasteiger partial charge in [-0.2, -0.15) is 0 Å². The van der Waals surface area contributed by atoms with Crippen LogP contribution in [0.15, 0.2) is 18.2 Å². The molecule has 0 radical (unpaired) electrons. The fraction of sp³-hybridized carbons (Fsp3) is 0.625. The highest BCUT2D eigenvalue weighted by atomic mass is 16.7. The molecule has 20 heavy (non-hydrogen) atoms. The Balaban J connectivity index is 1.67. The summed E-state index contributed by atoms with van der Waals surface area (Å²) in [6.07, 6.45) is 4.31. The molecule has 1 heterocycles. The lowest BCUT2D eigenvalue weighted by atomic mass is 9.67. The number of hydrogen-bond acceptors (Lipinski definition) is 4. The maximum Gasteiger partial charge on any atom is 0.231 e. The van der Waals surface area contributed by atoms with Crippen molar-refractivity contribution in [3.8, 4) is 11.5 Å². The zero-order valence-corrected chi connectivity index (χ0v) is 11.5. The van der Waals surface area contributed by atoms with Gasteiger partial charge in [-0.05, 0) is 48.8 Å². The molecule has 4 heteroatoms. The van der Waals surface area contributed by atoms with Crippen molar-refractivity contribution in [2.24, 2.45) is 23.0 Å². The average molecular weight is 275 g/mol. The third kappa shape index (κ3) is 1.61. The van der Waals surface area contributed by atoms with Gasteiger partial charge in [0.1, 0.15) is 0 Å². The highest BCUT2D eigenvalue weighted by Crippen LogP contribution is 2.60. The van der Waals surface area contributed by atoms with Crippen LogP contribution in [0.2, 0.25) is 0 Å². The monoisotopic (exact) mass is 275 g/mol. The van der Waals surface area contributed by atoms with Crippen LogP contribution in [0.5, 0.6) is 11.5 Å². The Morgan fingerprint density at radius 3 is 2.85 bits per heavy atom. The van der Waals surface area contributed by atoms with E-state index in [0.29, 0.717) is 12.5 Å². The highest BCUT2D eigenvalue weighted by Gasteiger charge is 2.54. The molecule has 0 aromatic heterocycles. The zero-order valence-electron chi connectivity index (χ0n) is 11.5. The van der Waals surface area contributed by atoms with Gasteiger partial charge in [0.2, 0.25) is 6.79 Å². The second-order valence-corrected chi connectivity index (χ2v) is 6.53. The van der Waals surface area contributed by atoms with Crippen LogP contribution < -0.4 is 15.2 Å². The molecule has 3 N–H and O–H groups in total. The van der Waals surface area contributed by atoms with Gasteiger partial charge in [-0.25, -0.2) is 0 Å². The molecular formula is C16H21NO3. The zero-order chi connectivity index (χ0) is 13.7. The molecule has 4 nitrogen and oxygen atoms in total. The lowest BCUT2D eigenvalue weighted by Crippen LogP contribution is -2.41. The molecule has 108 valence electrons. The van der Waals surface area contributed by atoms with Crippen LogP contribution in [0.4, 0.5) is 0 Å². The van der Waals surface area contributed by atoms with Crippen molar-refractivity contribution >= 4 is 0 Å². The van der Waals surface area contributed by atoms with Gasteiger partial charge in [-0.1, -0.05) is 12.5 Å². The Hall–Kier alpha value is -1.26. The maximum absolute atomic E-state index is 10.9. The van der Waals surface area contributed by atoms with Gasteiger partial charge >= 0.3 is 0 Å². The van der Waals surface area contributed by atoms with Crippen molar-refractivity contribution in [2.75, 3.05) is 13.3 Å². The number of ether oxygens (including phenoxy) is 2.